The van der Waals surface area contributed by atoms with E-state index in [2.05, 4.69) is 9.88 Å². The highest BCUT2D eigenvalue weighted by Gasteiger charge is 2.42. The minimum atomic E-state index is -0.255. The van der Waals surface area contributed by atoms with Gasteiger partial charge in [0.15, 0.2) is 0 Å². The number of anilines is 1. The maximum Gasteiger partial charge on any atom is 0.244 e. The first-order valence-electron chi connectivity index (χ1n) is 10.6. The van der Waals surface area contributed by atoms with Crippen molar-refractivity contribution >= 4 is 11.6 Å². The van der Waals surface area contributed by atoms with Gasteiger partial charge in [-0.05, 0) is 23.8 Å². The Morgan fingerprint density at radius 1 is 1.00 bits per heavy atom. The van der Waals surface area contributed by atoms with Crippen LogP contribution in [0.3, 0.4) is 0 Å². The zero-order valence-electron chi connectivity index (χ0n) is 17.5. The molecule has 5 rings (SSSR count). The van der Waals surface area contributed by atoms with E-state index in [-0.39, 0.29) is 18.1 Å². The molecule has 0 spiro atoms. The van der Waals surface area contributed by atoms with E-state index in [1.807, 2.05) is 77.7 Å². The number of pyridine rings is 1. The summed E-state index contributed by atoms with van der Waals surface area (Å²) in [4.78, 5) is 22.4. The minimum absolute atomic E-state index is 0.0282. The number of rotatable bonds is 5. The van der Waals surface area contributed by atoms with Crippen molar-refractivity contribution in [2.75, 3.05) is 18.6 Å². The van der Waals surface area contributed by atoms with E-state index < -0.39 is 0 Å². The molecule has 1 aromatic heterocycles. The van der Waals surface area contributed by atoms with Crippen LogP contribution in [0.1, 0.15) is 17.7 Å². The lowest BCUT2D eigenvalue weighted by Gasteiger charge is -2.32. The van der Waals surface area contributed by atoms with Crippen molar-refractivity contribution < 1.29 is 14.3 Å². The summed E-state index contributed by atoms with van der Waals surface area (Å²) in [6, 6.07) is 23.4. The Balaban J connectivity index is 1.47. The number of likely N-dealkylation sites (tertiary alicyclic amines) is 1. The molecule has 0 radical (unpaired) electrons. The van der Waals surface area contributed by atoms with Crippen LogP contribution in [0.4, 0.5) is 5.69 Å². The number of ether oxygens (including phenoxy) is 2. The predicted molar refractivity (Wildman–Crippen MR) is 118 cm³/mol. The van der Waals surface area contributed by atoms with E-state index in [4.69, 9.17) is 9.47 Å². The van der Waals surface area contributed by atoms with Crippen molar-refractivity contribution in [3.63, 3.8) is 0 Å². The molecule has 6 heteroatoms. The molecule has 1 amide bonds. The summed E-state index contributed by atoms with van der Waals surface area (Å²) in [7, 11) is 1.61. The normalized spacial score (nSPS) is 20.5. The first-order chi connectivity index (χ1) is 15.2. The van der Waals surface area contributed by atoms with E-state index in [1.54, 1.807) is 7.11 Å². The van der Waals surface area contributed by atoms with Crippen molar-refractivity contribution in [3.05, 3.63) is 84.1 Å². The molecule has 0 aliphatic carbocycles. The van der Waals surface area contributed by atoms with Gasteiger partial charge >= 0.3 is 0 Å². The molecule has 31 heavy (non-hydrogen) atoms. The summed E-state index contributed by atoms with van der Waals surface area (Å²) in [6.07, 6.45) is 0.641. The average molecular weight is 415 g/mol. The van der Waals surface area contributed by atoms with Gasteiger partial charge in [0.1, 0.15) is 11.9 Å². The van der Waals surface area contributed by atoms with Crippen LogP contribution in [0.25, 0.3) is 0 Å². The molecule has 3 aromatic rings. The maximum atomic E-state index is 13.8. The number of aromatic nitrogens is 1. The van der Waals surface area contributed by atoms with Crippen LogP contribution in [0, 0.1) is 0 Å². The van der Waals surface area contributed by atoms with Gasteiger partial charge in [-0.2, -0.15) is 0 Å². The fraction of sp³-hybridized carbons (Fsp3) is 0.280. The smallest absolute Gasteiger partial charge is 0.244 e. The SMILES string of the molecule is COc1cccc(CN2C[C@@H]3C[C@H]2C(=O)N(Cc2ccccc2)c2ccccc2O3)n1. The lowest BCUT2D eigenvalue weighted by molar-refractivity contribution is -0.123. The first-order valence-corrected chi connectivity index (χ1v) is 10.6. The number of carbonyl (C=O) groups excluding carboxylic acids is 1. The molecular weight excluding hydrogens is 390 g/mol. The summed E-state index contributed by atoms with van der Waals surface area (Å²) in [6.45, 7) is 1.76. The molecule has 1 saturated heterocycles. The molecule has 3 heterocycles. The molecule has 158 valence electrons. The fourth-order valence-corrected chi connectivity index (χ4v) is 4.43. The summed E-state index contributed by atoms with van der Waals surface area (Å²) >= 11 is 0. The Morgan fingerprint density at radius 2 is 1.81 bits per heavy atom. The van der Waals surface area contributed by atoms with E-state index >= 15 is 0 Å². The van der Waals surface area contributed by atoms with E-state index in [0.29, 0.717) is 31.9 Å². The molecule has 1 fully saturated rings. The third-order valence-electron chi connectivity index (χ3n) is 5.90. The molecule has 2 aromatic carbocycles. The molecular formula is C25H25N3O3. The van der Waals surface area contributed by atoms with Gasteiger partial charge in [-0.25, -0.2) is 4.98 Å². The van der Waals surface area contributed by atoms with Crippen molar-refractivity contribution in [3.8, 4) is 11.6 Å². The number of nitrogens with zero attached hydrogens (tertiary/aromatic N) is 3. The number of amides is 1. The lowest BCUT2D eigenvalue weighted by atomic mass is 10.1. The summed E-state index contributed by atoms with van der Waals surface area (Å²) in [5, 5.41) is 0. The standard InChI is InChI=1S/C25H25N3O3/c1-30-24-13-7-10-19(26-24)16-27-17-20-14-22(27)25(29)28(15-18-8-3-2-4-9-18)21-11-5-6-12-23(21)31-20/h2-13,20,22H,14-17H2,1H3/t20-,22-/m0/s1. The molecule has 0 N–H and O–H groups in total. The zero-order valence-corrected chi connectivity index (χ0v) is 17.5. The van der Waals surface area contributed by atoms with Gasteiger partial charge in [-0.3, -0.25) is 9.69 Å². The second-order valence-electron chi connectivity index (χ2n) is 7.97. The van der Waals surface area contributed by atoms with E-state index in [9.17, 15) is 4.79 Å². The maximum absolute atomic E-state index is 13.8. The monoisotopic (exact) mass is 415 g/mol. The van der Waals surface area contributed by atoms with Crippen LogP contribution in [0.5, 0.6) is 11.6 Å². The van der Waals surface area contributed by atoms with Gasteiger partial charge in [-0.15, -0.1) is 0 Å². The second-order valence-corrected chi connectivity index (χ2v) is 7.97. The Labute approximate surface area is 182 Å². The Hall–Kier alpha value is -3.38. The quantitative estimate of drug-likeness (QED) is 0.637. The van der Waals surface area contributed by atoms with E-state index in [1.165, 1.54) is 0 Å². The largest absolute Gasteiger partial charge is 0.487 e. The highest BCUT2D eigenvalue weighted by Crippen LogP contribution is 2.37. The molecule has 0 saturated carbocycles. The van der Waals surface area contributed by atoms with Gasteiger partial charge in [0, 0.05) is 25.6 Å². The van der Waals surface area contributed by atoms with Crippen molar-refractivity contribution in [2.24, 2.45) is 0 Å². The predicted octanol–water partition coefficient (Wildman–Crippen LogP) is 3.66. The van der Waals surface area contributed by atoms with Crippen LogP contribution in [-0.4, -0.2) is 41.6 Å². The van der Waals surface area contributed by atoms with Crippen LogP contribution < -0.4 is 14.4 Å². The lowest BCUT2D eigenvalue weighted by Crippen LogP contribution is -2.45. The van der Waals surface area contributed by atoms with Crippen molar-refractivity contribution in [2.45, 2.75) is 31.7 Å². The summed E-state index contributed by atoms with van der Waals surface area (Å²) in [5.74, 6) is 1.44. The Kier molecular flexibility index (Phi) is 5.30. The molecule has 2 atom stereocenters. The van der Waals surface area contributed by atoms with Crippen LogP contribution in [-0.2, 0) is 17.9 Å². The van der Waals surface area contributed by atoms with Gasteiger partial charge in [-0.1, -0.05) is 48.5 Å². The molecule has 2 aliphatic heterocycles. The minimum Gasteiger partial charge on any atom is -0.487 e. The number of methoxy groups -OCH3 is 1. The first kappa shape index (κ1) is 19.6. The third-order valence-corrected chi connectivity index (χ3v) is 5.90. The zero-order chi connectivity index (χ0) is 21.2. The Morgan fingerprint density at radius 3 is 2.65 bits per heavy atom. The highest BCUT2D eigenvalue weighted by atomic mass is 16.5. The number of para-hydroxylation sites is 2. The van der Waals surface area contributed by atoms with Gasteiger partial charge in [0.05, 0.1) is 31.1 Å². The Bertz CT molecular complexity index is 1070. The number of benzene rings is 2. The molecule has 0 unspecified atom stereocenters. The summed E-state index contributed by atoms with van der Waals surface area (Å²) in [5.41, 5.74) is 2.79. The van der Waals surface area contributed by atoms with Crippen molar-refractivity contribution in [1.82, 2.24) is 9.88 Å². The number of carbonyl (C=O) groups is 1. The fourth-order valence-electron chi connectivity index (χ4n) is 4.43. The van der Waals surface area contributed by atoms with Crippen LogP contribution in [0.15, 0.2) is 72.8 Å². The number of hydrogen-bond donors (Lipinski definition) is 0. The van der Waals surface area contributed by atoms with Crippen LogP contribution >= 0.6 is 0 Å². The van der Waals surface area contributed by atoms with Gasteiger partial charge in [0.2, 0.25) is 11.8 Å². The van der Waals surface area contributed by atoms with Crippen molar-refractivity contribution in [1.29, 1.82) is 0 Å². The molecule has 2 bridgehead atoms. The third kappa shape index (κ3) is 3.99. The molecule has 2 aliphatic rings. The van der Waals surface area contributed by atoms with Gasteiger partial charge in [0.25, 0.3) is 0 Å². The molecule has 6 nitrogen and oxygen atoms in total. The number of hydrogen-bond acceptors (Lipinski definition) is 5. The second kappa shape index (κ2) is 8.40. The average Bonchev–Trinajstić information content (AvgIpc) is 3.21. The van der Waals surface area contributed by atoms with E-state index in [0.717, 1.165) is 22.7 Å². The topological polar surface area (TPSA) is 54.9 Å². The van der Waals surface area contributed by atoms with Gasteiger partial charge < -0.3 is 14.4 Å². The summed E-state index contributed by atoms with van der Waals surface area (Å²) < 4.78 is 11.6. The number of fused-ring (bicyclic) bond motifs is 3. The highest BCUT2D eigenvalue weighted by molar-refractivity contribution is 5.99. The van der Waals surface area contributed by atoms with Crippen LogP contribution in [0.2, 0.25) is 0 Å².